The normalized spacial score (nSPS) is 18.2. The molecule has 1 aromatic carbocycles. The van der Waals surface area contributed by atoms with E-state index in [0.29, 0.717) is 19.5 Å². The summed E-state index contributed by atoms with van der Waals surface area (Å²) in [5.74, 6) is -1.59. The van der Waals surface area contributed by atoms with E-state index in [2.05, 4.69) is 0 Å². The molecule has 0 saturated carbocycles. The van der Waals surface area contributed by atoms with Crippen molar-refractivity contribution in [3.05, 3.63) is 23.8 Å². The Morgan fingerprint density at radius 2 is 1.90 bits per heavy atom. The van der Waals surface area contributed by atoms with E-state index in [0.717, 1.165) is 6.42 Å². The molecule has 0 bridgehead atoms. The Morgan fingerprint density at radius 1 is 1.25 bits per heavy atom. The number of carbonyl (C=O) groups excluding carboxylic acids is 1. The number of carboxylic acid groups (broad SMARTS) is 1. The molecule has 1 atom stereocenters. The van der Waals surface area contributed by atoms with Gasteiger partial charge in [-0.05, 0) is 30.9 Å². The molecule has 0 spiro atoms. The lowest BCUT2D eigenvalue weighted by atomic mass is 10.0. The Hall–Kier alpha value is -2.24. The highest BCUT2D eigenvalue weighted by molar-refractivity contribution is 5.99. The second-order valence-electron chi connectivity index (χ2n) is 5.01. The van der Waals surface area contributed by atoms with Crippen molar-refractivity contribution >= 4 is 11.9 Å². The summed E-state index contributed by atoms with van der Waals surface area (Å²) in [4.78, 5) is 24.3. The van der Waals surface area contributed by atoms with Gasteiger partial charge in [0, 0.05) is 19.5 Å². The van der Waals surface area contributed by atoms with Gasteiger partial charge in [-0.2, -0.15) is 0 Å². The van der Waals surface area contributed by atoms with Gasteiger partial charge >= 0.3 is 5.97 Å². The minimum Gasteiger partial charge on any atom is -0.507 e. The number of phenols is 2. The summed E-state index contributed by atoms with van der Waals surface area (Å²) in [5.41, 5.74) is -0.0913. The van der Waals surface area contributed by atoms with Crippen molar-refractivity contribution in [3.8, 4) is 11.5 Å². The lowest BCUT2D eigenvalue weighted by Gasteiger charge is -2.17. The summed E-state index contributed by atoms with van der Waals surface area (Å²) in [6, 6.07) is 4.16. The summed E-state index contributed by atoms with van der Waals surface area (Å²) < 4.78 is 0. The molecule has 1 amide bonds. The van der Waals surface area contributed by atoms with Crippen molar-refractivity contribution in [1.29, 1.82) is 0 Å². The average Bonchev–Trinajstić information content (AvgIpc) is 2.84. The van der Waals surface area contributed by atoms with Crippen LogP contribution in [0.15, 0.2) is 18.2 Å². The van der Waals surface area contributed by atoms with Gasteiger partial charge in [0.1, 0.15) is 17.1 Å². The Morgan fingerprint density at radius 3 is 2.50 bits per heavy atom. The average molecular weight is 279 g/mol. The standard InChI is InChI=1S/C14H17NO5/c16-10-2-1-3-11(17)13(10)14(20)15-7-6-9(8-15)4-5-12(18)19/h1-3,9,16-17H,4-8H2,(H,18,19). The van der Waals surface area contributed by atoms with Gasteiger partial charge in [-0.25, -0.2) is 0 Å². The highest BCUT2D eigenvalue weighted by atomic mass is 16.4. The maximum absolute atomic E-state index is 12.3. The van der Waals surface area contributed by atoms with Crippen LogP contribution in [-0.2, 0) is 4.79 Å². The molecular formula is C14H17NO5. The maximum atomic E-state index is 12.3. The third-order valence-corrected chi connectivity index (χ3v) is 3.57. The van der Waals surface area contributed by atoms with Gasteiger partial charge < -0.3 is 20.2 Å². The molecule has 1 aliphatic heterocycles. The molecule has 0 aliphatic carbocycles. The number of rotatable bonds is 4. The second kappa shape index (κ2) is 5.81. The third-order valence-electron chi connectivity index (χ3n) is 3.57. The SMILES string of the molecule is O=C(O)CCC1CCN(C(=O)c2c(O)cccc2O)C1. The number of phenolic OH excluding ortho intramolecular Hbond substituents is 2. The summed E-state index contributed by atoms with van der Waals surface area (Å²) in [5, 5.41) is 28.0. The van der Waals surface area contributed by atoms with Crippen LogP contribution in [0.4, 0.5) is 0 Å². The van der Waals surface area contributed by atoms with E-state index in [1.807, 2.05) is 0 Å². The molecule has 1 saturated heterocycles. The number of benzene rings is 1. The van der Waals surface area contributed by atoms with E-state index in [1.165, 1.54) is 18.2 Å². The van der Waals surface area contributed by atoms with Crippen LogP contribution in [0.1, 0.15) is 29.6 Å². The van der Waals surface area contributed by atoms with E-state index < -0.39 is 11.9 Å². The Balaban J connectivity index is 2.03. The van der Waals surface area contributed by atoms with Crippen LogP contribution in [0, 0.1) is 5.92 Å². The molecule has 0 radical (unpaired) electrons. The minimum atomic E-state index is -0.840. The molecular weight excluding hydrogens is 262 g/mol. The number of nitrogens with zero attached hydrogens (tertiary/aromatic N) is 1. The van der Waals surface area contributed by atoms with Crippen molar-refractivity contribution in [2.24, 2.45) is 5.92 Å². The van der Waals surface area contributed by atoms with Gasteiger partial charge in [0.2, 0.25) is 0 Å². The zero-order valence-electron chi connectivity index (χ0n) is 11.0. The molecule has 1 fully saturated rings. The highest BCUT2D eigenvalue weighted by Crippen LogP contribution is 2.30. The number of hydrogen-bond donors (Lipinski definition) is 3. The number of amides is 1. The van der Waals surface area contributed by atoms with E-state index in [1.54, 1.807) is 4.90 Å². The van der Waals surface area contributed by atoms with E-state index in [4.69, 9.17) is 5.11 Å². The van der Waals surface area contributed by atoms with Crippen molar-refractivity contribution in [2.45, 2.75) is 19.3 Å². The zero-order valence-corrected chi connectivity index (χ0v) is 11.0. The lowest BCUT2D eigenvalue weighted by molar-refractivity contribution is -0.137. The minimum absolute atomic E-state index is 0.0913. The first kappa shape index (κ1) is 14.2. The van der Waals surface area contributed by atoms with Gasteiger partial charge in [-0.1, -0.05) is 6.07 Å². The number of carbonyl (C=O) groups is 2. The fourth-order valence-electron chi connectivity index (χ4n) is 2.49. The smallest absolute Gasteiger partial charge is 0.303 e. The van der Waals surface area contributed by atoms with Crippen LogP contribution in [0.3, 0.4) is 0 Å². The first-order valence-electron chi connectivity index (χ1n) is 6.51. The predicted molar refractivity (Wildman–Crippen MR) is 70.7 cm³/mol. The summed E-state index contributed by atoms with van der Waals surface area (Å²) in [7, 11) is 0. The van der Waals surface area contributed by atoms with E-state index >= 15 is 0 Å². The monoisotopic (exact) mass is 279 g/mol. The van der Waals surface area contributed by atoms with Crippen molar-refractivity contribution in [1.82, 2.24) is 4.90 Å². The van der Waals surface area contributed by atoms with Gasteiger partial charge in [0.25, 0.3) is 5.91 Å². The Bertz CT molecular complexity index is 508. The molecule has 1 heterocycles. The summed E-state index contributed by atoms with van der Waals surface area (Å²) >= 11 is 0. The molecule has 1 unspecified atom stereocenters. The molecule has 1 aliphatic rings. The van der Waals surface area contributed by atoms with Crippen LogP contribution in [0.5, 0.6) is 11.5 Å². The molecule has 3 N–H and O–H groups in total. The van der Waals surface area contributed by atoms with E-state index in [-0.39, 0.29) is 29.4 Å². The number of hydrogen-bond acceptors (Lipinski definition) is 4. The van der Waals surface area contributed by atoms with Gasteiger partial charge in [0.15, 0.2) is 0 Å². The Labute approximate surface area is 116 Å². The van der Waals surface area contributed by atoms with Crippen LogP contribution < -0.4 is 0 Å². The molecule has 6 heteroatoms. The van der Waals surface area contributed by atoms with Crippen molar-refractivity contribution in [2.75, 3.05) is 13.1 Å². The molecule has 108 valence electrons. The second-order valence-corrected chi connectivity index (χ2v) is 5.01. The molecule has 2 rings (SSSR count). The molecule has 6 nitrogen and oxygen atoms in total. The van der Waals surface area contributed by atoms with Crippen LogP contribution >= 0.6 is 0 Å². The Kier molecular flexibility index (Phi) is 4.12. The number of aliphatic carboxylic acids is 1. The number of carboxylic acids is 1. The molecule has 1 aromatic rings. The lowest BCUT2D eigenvalue weighted by Crippen LogP contribution is -2.28. The highest BCUT2D eigenvalue weighted by Gasteiger charge is 2.29. The van der Waals surface area contributed by atoms with Gasteiger partial charge in [0.05, 0.1) is 0 Å². The first-order valence-corrected chi connectivity index (χ1v) is 6.51. The van der Waals surface area contributed by atoms with Gasteiger partial charge in [-0.3, -0.25) is 9.59 Å². The maximum Gasteiger partial charge on any atom is 0.303 e. The molecule has 0 aromatic heterocycles. The topological polar surface area (TPSA) is 98.1 Å². The quantitative estimate of drug-likeness (QED) is 0.774. The van der Waals surface area contributed by atoms with Gasteiger partial charge in [-0.15, -0.1) is 0 Å². The number of aromatic hydroxyl groups is 2. The van der Waals surface area contributed by atoms with E-state index in [9.17, 15) is 19.8 Å². The van der Waals surface area contributed by atoms with Crippen LogP contribution in [-0.4, -0.2) is 45.2 Å². The van der Waals surface area contributed by atoms with Crippen LogP contribution in [0.25, 0.3) is 0 Å². The fourth-order valence-corrected chi connectivity index (χ4v) is 2.49. The van der Waals surface area contributed by atoms with Crippen molar-refractivity contribution in [3.63, 3.8) is 0 Å². The molecule has 20 heavy (non-hydrogen) atoms. The predicted octanol–water partition coefficient (Wildman–Crippen LogP) is 1.42. The van der Waals surface area contributed by atoms with Crippen LogP contribution in [0.2, 0.25) is 0 Å². The number of likely N-dealkylation sites (tertiary alicyclic amines) is 1. The van der Waals surface area contributed by atoms with Crippen molar-refractivity contribution < 1.29 is 24.9 Å². The fraction of sp³-hybridized carbons (Fsp3) is 0.429. The summed E-state index contributed by atoms with van der Waals surface area (Å²) in [6.45, 7) is 0.969. The third kappa shape index (κ3) is 3.01. The summed E-state index contributed by atoms with van der Waals surface area (Å²) in [6.07, 6.45) is 1.37. The zero-order chi connectivity index (χ0) is 14.7. The largest absolute Gasteiger partial charge is 0.507 e. The first-order chi connectivity index (χ1) is 9.49.